The molecule has 4 atom stereocenters. The lowest BCUT2D eigenvalue weighted by atomic mass is 9.96. The number of hydrogen-bond donors (Lipinski definition) is 4. The molecule has 1 unspecified atom stereocenters. The van der Waals surface area contributed by atoms with Gasteiger partial charge in [-0.2, -0.15) is 0 Å². The molecule has 4 N–H and O–H groups in total. The molecule has 1 heterocycles. The van der Waals surface area contributed by atoms with Crippen LogP contribution >= 0.6 is 11.3 Å². The summed E-state index contributed by atoms with van der Waals surface area (Å²) in [4.78, 5) is 54.0. The molecule has 0 fully saturated rings. The van der Waals surface area contributed by atoms with Crippen LogP contribution in [0.3, 0.4) is 0 Å². The first kappa shape index (κ1) is 37.1. The molecule has 4 rings (SSSR count). The van der Waals surface area contributed by atoms with Crippen molar-refractivity contribution in [2.24, 2.45) is 5.92 Å². The van der Waals surface area contributed by atoms with Gasteiger partial charge in [-0.15, -0.1) is 11.3 Å². The molecule has 49 heavy (non-hydrogen) atoms. The average Bonchev–Trinajstić information content (AvgIpc) is 3.60. The predicted octanol–water partition coefficient (Wildman–Crippen LogP) is 5.31. The van der Waals surface area contributed by atoms with Gasteiger partial charge in [-0.1, -0.05) is 92.7 Å². The number of amides is 3. The second-order valence-corrected chi connectivity index (χ2v) is 13.3. The van der Waals surface area contributed by atoms with E-state index < -0.39 is 48.1 Å². The third-order valence-corrected chi connectivity index (χ3v) is 8.84. The Balaban J connectivity index is 1.57. The van der Waals surface area contributed by atoms with Crippen LogP contribution in [0.1, 0.15) is 49.6 Å². The molecular weight excluding hydrogens is 642 g/mol. The van der Waals surface area contributed by atoms with Crippen LogP contribution in [0.2, 0.25) is 0 Å². The summed E-state index contributed by atoms with van der Waals surface area (Å²) in [5.41, 5.74) is 1.63. The molecular formula is C38H45N3O7S. The summed E-state index contributed by atoms with van der Waals surface area (Å²) in [6, 6.07) is 23.6. The van der Waals surface area contributed by atoms with Gasteiger partial charge >= 0.3 is 12.1 Å². The summed E-state index contributed by atoms with van der Waals surface area (Å²) in [5.74, 6) is -1.58. The van der Waals surface area contributed by atoms with Gasteiger partial charge in [0.25, 0.3) is 0 Å². The summed E-state index contributed by atoms with van der Waals surface area (Å²) < 4.78 is 10.5. The van der Waals surface area contributed by atoms with E-state index in [0.717, 1.165) is 26.8 Å². The minimum atomic E-state index is -1.19. The Kier molecular flexibility index (Phi) is 14.2. The molecule has 10 nitrogen and oxygen atoms in total. The van der Waals surface area contributed by atoms with Crippen molar-refractivity contribution < 1.29 is 33.8 Å². The highest BCUT2D eigenvalue weighted by atomic mass is 32.1. The fraction of sp³-hybridized carbons (Fsp3) is 0.368. The Hall–Kier alpha value is -4.74. The highest BCUT2D eigenvalue weighted by Gasteiger charge is 2.32. The monoisotopic (exact) mass is 687 g/mol. The number of fused-ring (bicyclic) bond motifs is 1. The second kappa shape index (κ2) is 18.7. The summed E-state index contributed by atoms with van der Waals surface area (Å²) in [7, 11) is 0. The molecule has 0 aliphatic rings. The summed E-state index contributed by atoms with van der Waals surface area (Å²) >= 11 is 1.44. The molecule has 0 spiro atoms. The Morgan fingerprint density at radius 1 is 0.776 bits per heavy atom. The van der Waals surface area contributed by atoms with Crippen LogP contribution in [0, 0.1) is 5.92 Å². The number of aliphatic hydroxyl groups excluding tert-OH is 1. The van der Waals surface area contributed by atoms with E-state index in [1.165, 1.54) is 11.3 Å². The standard InChI is InChI=1S/C38H45N3O7S/c1-4-47-35(43)23-34(42)31(20-25(2)3)39-37(45)33(22-29-17-11-19-49-29)40-36(44)32(41-38(46)48-24-26-12-6-5-7-13-26)21-28-16-10-15-27-14-8-9-18-30(27)28/h5-19,25,31-34,42H,4,20-24H2,1-3H3,(H,39,45)(H,40,44)(H,41,46)/t31-,32-,33?,34-/m0/s1. The van der Waals surface area contributed by atoms with Crippen LogP contribution < -0.4 is 16.0 Å². The van der Waals surface area contributed by atoms with E-state index in [0.29, 0.717) is 6.42 Å². The Bertz CT molecular complexity index is 1660. The quantitative estimate of drug-likeness (QED) is 0.110. The molecule has 11 heteroatoms. The largest absolute Gasteiger partial charge is 0.466 e. The van der Waals surface area contributed by atoms with Crippen LogP contribution in [0.25, 0.3) is 10.8 Å². The van der Waals surface area contributed by atoms with Crippen LogP contribution in [0.4, 0.5) is 4.79 Å². The lowest BCUT2D eigenvalue weighted by molar-refractivity contribution is -0.146. The molecule has 0 saturated carbocycles. The van der Waals surface area contributed by atoms with Crippen molar-refractivity contribution in [2.45, 2.75) is 77.3 Å². The molecule has 0 aliphatic heterocycles. The topological polar surface area (TPSA) is 143 Å². The predicted molar refractivity (Wildman–Crippen MR) is 190 cm³/mol. The number of benzene rings is 3. The number of alkyl carbamates (subject to hydrolysis) is 1. The molecule has 4 aromatic rings. The third-order valence-electron chi connectivity index (χ3n) is 7.94. The number of carbonyl (C=O) groups excluding carboxylic acids is 4. The van der Waals surface area contributed by atoms with Crippen molar-refractivity contribution >= 4 is 46.0 Å². The zero-order chi connectivity index (χ0) is 35.2. The SMILES string of the molecule is CCOC(=O)C[C@H](O)[C@H](CC(C)C)NC(=O)C(Cc1cccs1)NC(=O)[C@H](Cc1cccc2ccccc12)NC(=O)OCc1ccccc1. The van der Waals surface area contributed by atoms with E-state index >= 15 is 0 Å². The normalized spacial score (nSPS) is 13.6. The minimum Gasteiger partial charge on any atom is -0.466 e. The highest BCUT2D eigenvalue weighted by Crippen LogP contribution is 2.21. The Morgan fingerprint density at radius 2 is 1.47 bits per heavy atom. The zero-order valence-electron chi connectivity index (χ0n) is 28.1. The van der Waals surface area contributed by atoms with Crippen LogP contribution in [-0.2, 0) is 43.3 Å². The van der Waals surface area contributed by atoms with Gasteiger partial charge in [0, 0.05) is 17.7 Å². The average molecular weight is 688 g/mol. The molecule has 1 aromatic heterocycles. The smallest absolute Gasteiger partial charge is 0.408 e. The Morgan fingerprint density at radius 3 is 2.18 bits per heavy atom. The van der Waals surface area contributed by atoms with Gasteiger partial charge < -0.3 is 30.5 Å². The fourth-order valence-electron chi connectivity index (χ4n) is 5.55. The number of rotatable bonds is 17. The third kappa shape index (κ3) is 11.7. The molecule has 0 radical (unpaired) electrons. The number of thiophene rings is 1. The van der Waals surface area contributed by atoms with E-state index in [2.05, 4.69) is 16.0 Å². The number of esters is 1. The van der Waals surface area contributed by atoms with Crippen LogP contribution in [0.5, 0.6) is 0 Å². The summed E-state index contributed by atoms with van der Waals surface area (Å²) in [6.07, 6.45) is -1.54. The Labute approximate surface area is 291 Å². The summed E-state index contributed by atoms with van der Waals surface area (Å²) in [6.45, 7) is 5.77. The van der Waals surface area contributed by atoms with Crippen molar-refractivity contribution in [3.63, 3.8) is 0 Å². The van der Waals surface area contributed by atoms with Gasteiger partial charge in [0.15, 0.2) is 0 Å². The van der Waals surface area contributed by atoms with Gasteiger partial charge in [0.05, 0.1) is 25.2 Å². The van der Waals surface area contributed by atoms with E-state index in [9.17, 15) is 24.3 Å². The minimum absolute atomic E-state index is 0.0179. The van der Waals surface area contributed by atoms with Crippen LogP contribution in [0.15, 0.2) is 90.3 Å². The maximum absolute atomic E-state index is 14.1. The maximum atomic E-state index is 14.1. The van der Waals surface area contributed by atoms with Crippen LogP contribution in [-0.4, -0.2) is 59.8 Å². The second-order valence-electron chi connectivity index (χ2n) is 12.3. The first-order chi connectivity index (χ1) is 23.6. The molecule has 3 amide bonds. The lowest BCUT2D eigenvalue weighted by Gasteiger charge is -2.28. The van der Waals surface area contributed by atoms with Crippen molar-refractivity contribution in [2.75, 3.05) is 6.61 Å². The van der Waals surface area contributed by atoms with Gasteiger partial charge in [-0.05, 0) is 52.6 Å². The first-order valence-electron chi connectivity index (χ1n) is 16.5. The van der Waals surface area contributed by atoms with Crippen molar-refractivity contribution in [1.82, 2.24) is 16.0 Å². The molecule has 0 saturated heterocycles. The van der Waals surface area contributed by atoms with Crippen molar-refractivity contribution in [1.29, 1.82) is 0 Å². The van der Waals surface area contributed by atoms with Gasteiger partial charge in [-0.3, -0.25) is 14.4 Å². The zero-order valence-corrected chi connectivity index (χ0v) is 28.9. The van der Waals surface area contributed by atoms with Gasteiger partial charge in [0.1, 0.15) is 18.7 Å². The first-order valence-corrected chi connectivity index (χ1v) is 17.4. The molecule has 260 valence electrons. The molecule has 0 bridgehead atoms. The number of hydrogen-bond acceptors (Lipinski definition) is 8. The lowest BCUT2D eigenvalue weighted by Crippen LogP contribution is -2.57. The fourth-order valence-corrected chi connectivity index (χ4v) is 6.31. The maximum Gasteiger partial charge on any atom is 0.408 e. The van der Waals surface area contributed by atoms with E-state index in [1.807, 2.05) is 104 Å². The number of carbonyl (C=O) groups is 4. The number of nitrogens with one attached hydrogen (secondary N) is 3. The number of aliphatic hydroxyl groups is 1. The van der Waals surface area contributed by atoms with Crippen molar-refractivity contribution in [3.05, 3.63) is 106 Å². The van der Waals surface area contributed by atoms with E-state index in [-0.39, 0.29) is 38.4 Å². The summed E-state index contributed by atoms with van der Waals surface area (Å²) in [5, 5.41) is 23.2. The highest BCUT2D eigenvalue weighted by molar-refractivity contribution is 7.09. The van der Waals surface area contributed by atoms with Gasteiger partial charge in [-0.25, -0.2) is 4.79 Å². The van der Waals surface area contributed by atoms with Crippen molar-refractivity contribution in [3.8, 4) is 0 Å². The molecule has 0 aliphatic carbocycles. The molecule has 3 aromatic carbocycles. The van der Waals surface area contributed by atoms with E-state index in [4.69, 9.17) is 9.47 Å². The van der Waals surface area contributed by atoms with Gasteiger partial charge in [0.2, 0.25) is 11.8 Å². The van der Waals surface area contributed by atoms with E-state index in [1.54, 1.807) is 6.92 Å². The number of ether oxygens (including phenoxy) is 2.